The average Bonchev–Trinajstić information content (AvgIpc) is 2.31. The van der Waals surface area contributed by atoms with Gasteiger partial charge in [-0.15, -0.1) is 0 Å². The van der Waals surface area contributed by atoms with Gasteiger partial charge >= 0.3 is 0 Å². The minimum atomic E-state index is -0.0229. The molecule has 2 rings (SSSR count). The van der Waals surface area contributed by atoms with Gasteiger partial charge in [0.15, 0.2) is 5.78 Å². The Morgan fingerprint density at radius 1 is 1.18 bits per heavy atom. The zero-order chi connectivity index (χ0) is 7.84. The summed E-state index contributed by atoms with van der Waals surface area (Å²) >= 11 is 0. The summed E-state index contributed by atoms with van der Waals surface area (Å²) < 4.78 is 0. The molecule has 11 heavy (non-hydrogen) atoms. The molecule has 1 amide bonds. The second-order valence-corrected chi connectivity index (χ2v) is 2.96. The Morgan fingerprint density at radius 3 is 2.73 bits per heavy atom. The number of carbonyl (C=O) groups excluding carboxylic acids is 2. The second kappa shape index (κ2) is 2.19. The molecule has 1 N–H and O–H groups in total. The Hall–Kier alpha value is -1.12. The maximum absolute atomic E-state index is 11.2. The number of carbonyl (C=O) groups is 2. The molecule has 58 valence electrons. The van der Waals surface area contributed by atoms with Gasteiger partial charge in [-0.25, -0.2) is 0 Å². The van der Waals surface area contributed by atoms with E-state index in [1.54, 1.807) is 0 Å². The lowest BCUT2D eigenvalue weighted by atomic mass is 9.95. The SMILES string of the molecule is O=C1CC2=C(CCCC2=O)N1. The lowest BCUT2D eigenvalue weighted by molar-refractivity contribution is -0.120. The minimum Gasteiger partial charge on any atom is -0.329 e. The molecule has 1 heterocycles. The molecule has 0 aromatic rings. The first-order valence-corrected chi connectivity index (χ1v) is 3.82. The van der Waals surface area contributed by atoms with E-state index in [-0.39, 0.29) is 11.7 Å². The van der Waals surface area contributed by atoms with Crippen LogP contribution in [0.2, 0.25) is 0 Å². The molecule has 0 saturated heterocycles. The van der Waals surface area contributed by atoms with Gasteiger partial charge in [0.2, 0.25) is 5.91 Å². The van der Waals surface area contributed by atoms with Gasteiger partial charge in [0.25, 0.3) is 0 Å². The molecule has 0 saturated carbocycles. The lowest BCUT2D eigenvalue weighted by Crippen LogP contribution is -2.16. The van der Waals surface area contributed by atoms with Crippen molar-refractivity contribution in [3.63, 3.8) is 0 Å². The van der Waals surface area contributed by atoms with Crippen LogP contribution in [0.15, 0.2) is 11.3 Å². The summed E-state index contributed by atoms with van der Waals surface area (Å²) in [7, 11) is 0. The largest absolute Gasteiger partial charge is 0.329 e. The molecule has 0 spiro atoms. The molecule has 0 fully saturated rings. The normalized spacial score (nSPS) is 23.6. The highest BCUT2D eigenvalue weighted by Gasteiger charge is 2.28. The van der Waals surface area contributed by atoms with E-state index in [1.807, 2.05) is 0 Å². The molecule has 0 unspecified atom stereocenters. The molecule has 3 heteroatoms. The summed E-state index contributed by atoms with van der Waals surface area (Å²) in [5, 5.41) is 2.71. The smallest absolute Gasteiger partial charge is 0.228 e. The van der Waals surface area contributed by atoms with Crippen LogP contribution in [0.25, 0.3) is 0 Å². The van der Waals surface area contributed by atoms with Gasteiger partial charge < -0.3 is 5.32 Å². The summed E-state index contributed by atoms with van der Waals surface area (Å²) in [6.07, 6.45) is 2.69. The van der Waals surface area contributed by atoms with Gasteiger partial charge in [-0.1, -0.05) is 0 Å². The summed E-state index contributed by atoms with van der Waals surface area (Å²) in [6, 6.07) is 0. The van der Waals surface area contributed by atoms with Crippen LogP contribution in [0.4, 0.5) is 0 Å². The summed E-state index contributed by atoms with van der Waals surface area (Å²) in [4.78, 5) is 22.0. The van der Waals surface area contributed by atoms with E-state index in [0.29, 0.717) is 12.8 Å². The van der Waals surface area contributed by atoms with Crippen molar-refractivity contribution < 1.29 is 9.59 Å². The molecule has 2 aliphatic rings. The quantitative estimate of drug-likeness (QED) is 0.548. The highest BCUT2D eigenvalue weighted by molar-refractivity contribution is 6.04. The molecule has 1 aliphatic heterocycles. The van der Waals surface area contributed by atoms with E-state index in [0.717, 1.165) is 24.1 Å². The summed E-state index contributed by atoms with van der Waals surface area (Å²) in [6.45, 7) is 0. The van der Waals surface area contributed by atoms with Crippen molar-refractivity contribution in [3.05, 3.63) is 11.3 Å². The maximum Gasteiger partial charge on any atom is 0.228 e. The van der Waals surface area contributed by atoms with Crippen molar-refractivity contribution in [1.29, 1.82) is 0 Å². The average molecular weight is 151 g/mol. The Kier molecular flexibility index (Phi) is 1.31. The fraction of sp³-hybridized carbons (Fsp3) is 0.500. The van der Waals surface area contributed by atoms with Crippen molar-refractivity contribution in [2.45, 2.75) is 25.7 Å². The van der Waals surface area contributed by atoms with Gasteiger partial charge in [0, 0.05) is 17.7 Å². The van der Waals surface area contributed by atoms with Gasteiger partial charge in [0.1, 0.15) is 0 Å². The predicted octanol–water partition coefficient (Wildman–Crippen LogP) is 0.513. The first-order chi connectivity index (χ1) is 5.27. The third-order valence-electron chi connectivity index (χ3n) is 2.16. The van der Waals surface area contributed by atoms with Gasteiger partial charge in [0.05, 0.1) is 6.42 Å². The van der Waals surface area contributed by atoms with Crippen LogP contribution in [0.1, 0.15) is 25.7 Å². The van der Waals surface area contributed by atoms with Crippen LogP contribution in [-0.4, -0.2) is 11.7 Å². The first kappa shape index (κ1) is 6.58. The van der Waals surface area contributed by atoms with Crippen molar-refractivity contribution >= 4 is 11.7 Å². The van der Waals surface area contributed by atoms with E-state index < -0.39 is 0 Å². The van der Waals surface area contributed by atoms with Gasteiger partial charge in [-0.2, -0.15) is 0 Å². The highest BCUT2D eigenvalue weighted by atomic mass is 16.2. The Morgan fingerprint density at radius 2 is 2.00 bits per heavy atom. The van der Waals surface area contributed by atoms with E-state index in [1.165, 1.54) is 0 Å². The van der Waals surface area contributed by atoms with Crippen LogP contribution in [-0.2, 0) is 9.59 Å². The number of rotatable bonds is 0. The fourth-order valence-corrected chi connectivity index (χ4v) is 1.61. The zero-order valence-corrected chi connectivity index (χ0v) is 6.14. The van der Waals surface area contributed by atoms with E-state index in [9.17, 15) is 9.59 Å². The molecular weight excluding hydrogens is 142 g/mol. The summed E-state index contributed by atoms with van der Waals surface area (Å²) in [5.74, 6) is 0.134. The fourth-order valence-electron chi connectivity index (χ4n) is 1.61. The van der Waals surface area contributed by atoms with Gasteiger partial charge in [-0.3, -0.25) is 9.59 Å². The molecule has 0 atom stereocenters. The number of hydrogen-bond donors (Lipinski definition) is 1. The number of amides is 1. The molecule has 3 nitrogen and oxygen atoms in total. The van der Waals surface area contributed by atoms with Crippen LogP contribution in [0, 0.1) is 0 Å². The monoisotopic (exact) mass is 151 g/mol. The lowest BCUT2D eigenvalue weighted by Gasteiger charge is -2.10. The second-order valence-electron chi connectivity index (χ2n) is 2.96. The van der Waals surface area contributed by atoms with Crippen LogP contribution in [0.5, 0.6) is 0 Å². The van der Waals surface area contributed by atoms with Crippen molar-refractivity contribution in [2.75, 3.05) is 0 Å². The number of hydrogen-bond acceptors (Lipinski definition) is 2. The summed E-state index contributed by atoms with van der Waals surface area (Å²) in [5.41, 5.74) is 1.62. The van der Waals surface area contributed by atoms with E-state index in [4.69, 9.17) is 0 Å². The van der Waals surface area contributed by atoms with E-state index >= 15 is 0 Å². The standard InChI is InChI=1S/C8H9NO2/c10-7-3-1-2-6-5(7)4-8(11)9-6/h1-4H2,(H,9,11). The van der Waals surface area contributed by atoms with Crippen LogP contribution in [0.3, 0.4) is 0 Å². The molecule has 0 bridgehead atoms. The third-order valence-corrected chi connectivity index (χ3v) is 2.16. The number of Topliss-reactive ketones (excluding diaryl/α,β-unsaturated/α-hetero) is 1. The third kappa shape index (κ3) is 0.964. The highest BCUT2D eigenvalue weighted by Crippen LogP contribution is 2.26. The van der Waals surface area contributed by atoms with Crippen LogP contribution >= 0.6 is 0 Å². The first-order valence-electron chi connectivity index (χ1n) is 3.82. The van der Waals surface area contributed by atoms with Crippen LogP contribution < -0.4 is 5.32 Å². The predicted molar refractivity (Wildman–Crippen MR) is 38.6 cm³/mol. The molecular formula is C8H9NO2. The Labute approximate surface area is 64.5 Å². The molecule has 0 aromatic carbocycles. The minimum absolute atomic E-state index is 0.0229. The van der Waals surface area contributed by atoms with E-state index in [2.05, 4.69) is 5.32 Å². The Balaban J connectivity index is 2.32. The zero-order valence-electron chi connectivity index (χ0n) is 6.14. The molecule has 0 radical (unpaired) electrons. The van der Waals surface area contributed by atoms with Crippen molar-refractivity contribution in [2.24, 2.45) is 0 Å². The number of allylic oxidation sites excluding steroid dienone is 1. The molecule has 0 aromatic heterocycles. The topological polar surface area (TPSA) is 46.2 Å². The maximum atomic E-state index is 11.2. The van der Waals surface area contributed by atoms with Gasteiger partial charge in [-0.05, 0) is 12.8 Å². The Bertz CT molecular complexity index is 265. The van der Waals surface area contributed by atoms with Crippen molar-refractivity contribution in [3.8, 4) is 0 Å². The molecule has 1 aliphatic carbocycles. The number of nitrogens with one attached hydrogen (secondary N) is 1. The van der Waals surface area contributed by atoms with Crippen molar-refractivity contribution in [1.82, 2.24) is 5.32 Å². The number of ketones is 1.